The number of rotatable bonds is 2. The van der Waals surface area contributed by atoms with Gasteiger partial charge >= 0.3 is 5.97 Å². The van der Waals surface area contributed by atoms with Gasteiger partial charge in [-0.2, -0.15) is 4.99 Å². The molecule has 1 aromatic rings. The molecule has 1 aromatic carbocycles. The van der Waals surface area contributed by atoms with E-state index in [2.05, 4.69) is 9.73 Å². The highest BCUT2D eigenvalue weighted by molar-refractivity contribution is 6.36. The lowest BCUT2D eigenvalue weighted by Gasteiger charge is -2.04. The monoisotopic (exact) mass is 229 g/mol. The highest BCUT2D eigenvalue weighted by Gasteiger charge is 2.19. The van der Waals surface area contributed by atoms with Crippen molar-refractivity contribution in [2.24, 2.45) is 4.99 Å². The Labute approximate surface area is 89.3 Å². The fourth-order valence-corrected chi connectivity index (χ4v) is 1.24. The van der Waals surface area contributed by atoms with E-state index in [4.69, 9.17) is 11.6 Å². The highest BCUT2D eigenvalue weighted by atomic mass is 35.5. The zero-order chi connectivity index (χ0) is 11.4. The normalized spacial score (nSPS) is 9.27. The van der Waals surface area contributed by atoms with Crippen molar-refractivity contribution in [3.63, 3.8) is 0 Å². The number of ether oxygens (including phenoxy) is 1. The van der Waals surface area contributed by atoms with Crippen LogP contribution in [0.15, 0.2) is 17.1 Å². The van der Waals surface area contributed by atoms with Gasteiger partial charge in [-0.1, -0.05) is 11.6 Å². The van der Waals surface area contributed by atoms with Gasteiger partial charge in [-0.25, -0.2) is 14.0 Å². The number of methoxy groups -OCH3 is 1. The molecular formula is C9H5ClFNO3. The molecule has 0 atom stereocenters. The summed E-state index contributed by atoms with van der Waals surface area (Å²) < 4.78 is 17.5. The van der Waals surface area contributed by atoms with Crippen molar-refractivity contribution in [2.75, 3.05) is 7.11 Å². The van der Waals surface area contributed by atoms with Gasteiger partial charge in [-0.15, -0.1) is 0 Å². The zero-order valence-corrected chi connectivity index (χ0v) is 8.34. The molecule has 0 fully saturated rings. The molecule has 0 heterocycles. The molecule has 0 saturated heterocycles. The molecule has 0 spiro atoms. The van der Waals surface area contributed by atoms with Gasteiger partial charge < -0.3 is 4.74 Å². The number of nitrogens with zero attached hydrogens (tertiary/aromatic N) is 1. The molecule has 0 unspecified atom stereocenters. The number of carbonyl (C=O) groups excluding carboxylic acids is 2. The minimum Gasteiger partial charge on any atom is -0.465 e. The Morgan fingerprint density at radius 3 is 2.80 bits per heavy atom. The van der Waals surface area contributed by atoms with E-state index < -0.39 is 17.3 Å². The zero-order valence-electron chi connectivity index (χ0n) is 7.58. The van der Waals surface area contributed by atoms with Crippen LogP contribution < -0.4 is 0 Å². The first-order chi connectivity index (χ1) is 7.11. The number of hydrogen-bond donors (Lipinski definition) is 0. The molecule has 15 heavy (non-hydrogen) atoms. The van der Waals surface area contributed by atoms with E-state index in [0.29, 0.717) is 0 Å². The van der Waals surface area contributed by atoms with Gasteiger partial charge in [0.05, 0.1) is 17.8 Å². The van der Waals surface area contributed by atoms with Gasteiger partial charge in [-0.3, -0.25) is 0 Å². The van der Waals surface area contributed by atoms with E-state index in [9.17, 15) is 14.0 Å². The fraction of sp³-hybridized carbons (Fsp3) is 0.111. The maximum atomic E-state index is 13.2. The van der Waals surface area contributed by atoms with E-state index in [1.807, 2.05) is 0 Å². The summed E-state index contributed by atoms with van der Waals surface area (Å²) in [6, 6.07) is 2.13. The number of isocyanates is 1. The Balaban J connectivity index is 3.42. The van der Waals surface area contributed by atoms with Crippen LogP contribution in [0.2, 0.25) is 5.02 Å². The van der Waals surface area contributed by atoms with Crippen LogP contribution in [0.5, 0.6) is 0 Å². The van der Waals surface area contributed by atoms with E-state index in [1.54, 1.807) is 0 Å². The third-order valence-corrected chi connectivity index (χ3v) is 2.01. The first-order valence-electron chi connectivity index (χ1n) is 3.76. The van der Waals surface area contributed by atoms with E-state index >= 15 is 0 Å². The summed E-state index contributed by atoms with van der Waals surface area (Å²) in [4.78, 5) is 24.3. The minimum absolute atomic E-state index is 0.0338. The molecule has 0 bridgehead atoms. The number of carbonyl (C=O) groups is 1. The highest BCUT2D eigenvalue weighted by Crippen LogP contribution is 2.30. The molecular weight excluding hydrogens is 225 g/mol. The summed E-state index contributed by atoms with van der Waals surface area (Å²) in [7, 11) is 1.09. The molecule has 78 valence electrons. The second-order valence-corrected chi connectivity index (χ2v) is 2.83. The van der Waals surface area contributed by atoms with Crippen LogP contribution in [0, 0.1) is 5.82 Å². The number of hydrogen-bond acceptors (Lipinski definition) is 4. The van der Waals surface area contributed by atoms with Gasteiger partial charge in [-0.05, 0) is 12.1 Å². The molecule has 0 aromatic heterocycles. The Hall–Kier alpha value is -1.71. The Kier molecular flexibility index (Phi) is 3.55. The summed E-state index contributed by atoms with van der Waals surface area (Å²) in [5, 5.41) is -0.273. The third-order valence-electron chi connectivity index (χ3n) is 1.63. The van der Waals surface area contributed by atoms with Gasteiger partial charge in [0.15, 0.2) is 0 Å². The molecule has 0 amide bonds. The lowest BCUT2D eigenvalue weighted by atomic mass is 10.2. The predicted molar refractivity (Wildman–Crippen MR) is 50.5 cm³/mol. The smallest absolute Gasteiger partial charge is 0.342 e. The lowest BCUT2D eigenvalue weighted by Crippen LogP contribution is -2.05. The average Bonchev–Trinajstić information content (AvgIpc) is 2.22. The SMILES string of the molecule is COC(=O)c1c(F)ccc(N=C=O)c1Cl. The molecule has 0 radical (unpaired) electrons. The van der Waals surface area contributed by atoms with Crippen LogP contribution in [-0.2, 0) is 9.53 Å². The van der Waals surface area contributed by atoms with Crippen LogP contribution in [0.25, 0.3) is 0 Å². The predicted octanol–water partition coefficient (Wildman–Crippen LogP) is 2.23. The van der Waals surface area contributed by atoms with Crippen molar-refractivity contribution >= 4 is 29.3 Å². The van der Waals surface area contributed by atoms with E-state index in [0.717, 1.165) is 19.2 Å². The standard InChI is InChI=1S/C9H5ClFNO3/c1-15-9(14)7-5(11)2-3-6(8(7)10)12-4-13/h2-3H,1H3. The molecule has 1 rings (SSSR count). The van der Waals surface area contributed by atoms with Crippen molar-refractivity contribution in [3.05, 3.63) is 28.5 Å². The fourth-order valence-electron chi connectivity index (χ4n) is 0.966. The van der Waals surface area contributed by atoms with Crippen molar-refractivity contribution < 1.29 is 18.7 Å². The summed E-state index contributed by atoms with van der Waals surface area (Å²) in [5.74, 6) is -1.77. The maximum absolute atomic E-state index is 13.2. The average molecular weight is 230 g/mol. The van der Waals surface area contributed by atoms with Crippen LogP contribution >= 0.6 is 11.6 Å². The second kappa shape index (κ2) is 4.68. The number of aliphatic imine (C=N–C) groups is 1. The quantitative estimate of drug-likeness (QED) is 0.444. The summed E-state index contributed by atoms with van der Waals surface area (Å²) in [6.45, 7) is 0. The Morgan fingerprint density at radius 2 is 2.27 bits per heavy atom. The molecule has 0 N–H and O–H groups in total. The van der Waals surface area contributed by atoms with Crippen LogP contribution in [0.1, 0.15) is 10.4 Å². The van der Waals surface area contributed by atoms with Gasteiger partial charge in [0.1, 0.15) is 11.4 Å². The maximum Gasteiger partial charge on any atom is 0.342 e. The van der Waals surface area contributed by atoms with E-state index in [1.165, 1.54) is 6.08 Å². The second-order valence-electron chi connectivity index (χ2n) is 2.45. The number of benzene rings is 1. The Bertz CT molecular complexity index is 455. The summed E-state index contributed by atoms with van der Waals surface area (Å²) in [5.41, 5.74) is -0.482. The van der Waals surface area contributed by atoms with E-state index in [-0.39, 0.29) is 10.7 Å². The van der Waals surface area contributed by atoms with Crippen LogP contribution in [0.4, 0.5) is 10.1 Å². The first-order valence-corrected chi connectivity index (χ1v) is 4.13. The van der Waals surface area contributed by atoms with Gasteiger partial charge in [0.25, 0.3) is 0 Å². The minimum atomic E-state index is -0.930. The number of halogens is 2. The third kappa shape index (κ3) is 2.21. The largest absolute Gasteiger partial charge is 0.465 e. The summed E-state index contributed by atoms with van der Waals surface area (Å²) in [6.07, 6.45) is 1.24. The Morgan fingerprint density at radius 1 is 1.60 bits per heavy atom. The van der Waals surface area contributed by atoms with Crippen molar-refractivity contribution in [3.8, 4) is 0 Å². The van der Waals surface area contributed by atoms with Gasteiger partial charge in [0, 0.05) is 0 Å². The summed E-state index contributed by atoms with van der Waals surface area (Å²) >= 11 is 5.65. The van der Waals surface area contributed by atoms with Crippen molar-refractivity contribution in [1.29, 1.82) is 0 Å². The van der Waals surface area contributed by atoms with Crippen molar-refractivity contribution in [2.45, 2.75) is 0 Å². The molecule has 0 aliphatic carbocycles. The molecule has 0 saturated carbocycles. The first kappa shape index (κ1) is 11.4. The molecule has 4 nitrogen and oxygen atoms in total. The van der Waals surface area contributed by atoms with Crippen LogP contribution in [0.3, 0.4) is 0 Å². The van der Waals surface area contributed by atoms with Crippen LogP contribution in [-0.4, -0.2) is 19.2 Å². The van der Waals surface area contributed by atoms with Gasteiger partial charge in [0.2, 0.25) is 6.08 Å². The molecule has 6 heteroatoms. The molecule has 0 aliphatic heterocycles. The van der Waals surface area contributed by atoms with Crippen molar-refractivity contribution in [1.82, 2.24) is 0 Å². The lowest BCUT2D eigenvalue weighted by molar-refractivity contribution is 0.0596. The topological polar surface area (TPSA) is 55.7 Å². The molecule has 0 aliphatic rings. The number of esters is 1.